The topological polar surface area (TPSA) is 52.3 Å². The van der Waals surface area contributed by atoms with Crippen molar-refractivity contribution in [1.29, 1.82) is 0 Å². The zero-order valence-corrected chi connectivity index (χ0v) is 11.6. The molecule has 2 rings (SSSR count). The van der Waals surface area contributed by atoms with Crippen LogP contribution in [0.15, 0.2) is 54.6 Å². The summed E-state index contributed by atoms with van der Waals surface area (Å²) in [5.74, 6) is -3.47. The second-order valence-corrected chi connectivity index (χ2v) is 4.80. The van der Waals surface area contributed by atoms with Gasteiger partial charge in [0.05, 0.1) is 0 Å². The predicted molar refractivity (Wildman–Crippen MR) is 75.2 cm³/mol. The van der Waals surface area contributed by atoms with Gasteiger partial charge >= 0.3 is 12.0 Å². The maximum Gasteiger partial charge on any atom is 0.405 e. The molecule has 0 aliphatic carbocycles. The fourth-order valence-electron chi connectivity index (χ4n) is 1.94. The third-order valence-electron chi connectivity index (χ3n) is 2.88. The molecule has 110 valence electrons. The minimum atomic E-state index is -3.47. The summed E-state index contributed by atoms with van der Waals surface area (Å²) in [6.07, 6.45) is -3.10. The van der Waals surface area contributed by atoms with Crippen molar-refractivity contribution in [2.24, 2.45) is 5.73 Å². The van der Waals surface area contributed by atoms with Crippen molar-refractivity contribution in [1.82, 2.24) is 0 Å². The molecule has 0 heterocycles. The van der Waals surface area contributed by atoms with Gasteiger partial charge in [-0.15, -0.1) is 0 Å². The number of halogens is 3. The van der Waals surface area contributed by atoms with Crippen LogP contribution >= 0.6 is 11.6 Å². The first-order valence-corrected chi connectivity index (χ1v) is 6.44. The summed E-state index contributed by atoms with van der Waals surface area (Å²) in [6, 6.07) is 12.9. The summed E-state index contributed by atoms with van der Waals surface area (Å²) < 4.78 is 34.0. The number of hydrogen-bond acceptors (Lipinski definition) is 2. The smallest absolute Gasteiger partial charge is 0.405 e. The Morgan fingerprint density at radius 3 is 2.38 bits per heavy atom. The first kappa shape index (κ1) is 15.3. The Labute approximate surface area is 125 Å². The van der Waals surface area contributed by atoms with E-state index in [0.29, 0.717) is 0 Å². The van der Waals surface area contributed by atoms with E-state index in [1.807, 2.05) is 0 Å². The summed E-state index contributed by atoms with van der Waals surface area (Å²) in [4.78, 5) is 11.0. The first-order valence-electron chi connectivity index (χ1n) is 6.06. The largest absolute Gasteiger partial charge is 0.435 e. The van der Waals surface area contributed by atoms with E-state index in [2.05, 4.69) is 4.74 Å². The van der Waals surface area contributed by atoms with Gasteiger partial charge in [-0.3, -0.25) is 0 Å². The van der Waals surface area contributed by atoms with Gasteiger partial charge in [0, 0.05) is 10.6 Å². The molecule has 0 aliphatic rings. The Bertz CT molecular complexity index is 635. The molecule has 0 fully saturated rings. The van der Waals surface area contributed by atoms with Gasteiger partial charge in [-0.05, 0) is 17.7 Å². The number of hydrogen-bond donors (Lipinski definition) is 1. The van der Waals surface area contributed by atoms with Gasteiger partial charge in [-0.25, -0.2) is 4.79 Å². The first-order chi connectivity index (χ1) is 9.91. The lowest BCUT2D eigenvalue weighted by molar-refractivity contribution is -0.119. The molecule has 6 heteroatoms. The van der Waals surface area contributed by atoms with Crippen molar-refractivity contribution in [3.63, 3.8) is 0 Å². The molecular weight excluding hydrogens is 300 g/mol. The molecular formula is C15H12ClF2NO2. The second kappa shape index (κ2) is 6.10. The highest BCUT2D eigenvalue weighted by Gasteiger charge is 2.45. The molecule has 0 aromatic heterocycles. The molecule has 2 aromatic carbocycles. The number of primary amides is 1. The van der Waals surface area contributed by atoms with Gasteiger partial charge in [0.2, 0.25) is 0 Å². The number of benzene rings is 2. The molecule has 1 atom stereocenters. The third kappa shape index (κ3) is 3.49. The molecule has 0 bridgehead atoms. The van der Waals surface area contributed by atoms with E-state index in [9.17, 15) is 13.6 Å². The molecule has 0 saturated carbocycles. The van der Waals surface area contributed by atoms with Gasteiger partial charge in [0.1, 0.15) is 0 Å². The lowest BCUT2D eigenvalue weighted by atomic mass is 9.97. The highest BCUT2D eigenvalue weighted by Crippen LogP contribution is 2.43. The van der Waals surface area contributed by atoms with Crippen LogP contribution in [0.3, 0.4) is 0 Å². The summed E-state index contributed by atoms with van der Waals surface area (Å²) >= 11 is 5.74. The highest BCUT2D eigenvalue weighted by atomic mass is 35.5. The van der Waals surface area contributed by atoms with Gasteiger partial charge in [0.15, 0.2) is 6.10 Å². The molecule has 2 aromatic rings. The van der Waals surface area contributed by atoms with Crippen LogP contribution < -0.4 is 5.73 Å². The van der Waals surface area contributed by atoms with E-state index >= 15 is 0 Å². The Morgan fingerprint density at radius 2 is 1.81 bits per heavy atom. The van der Waals surface area contributed by atoms with Gasteiger partial charge in [0.25, 0.3) is 0 Å². The van der Waals surface area contributed by atoms with Crippen LogP contribution in [0.25, 0.3) is 0 Å². The van der Waals surface area contributed by atoms with E-state index in [1.165, 1.54) is 30.3 Å². The summed E-state index contributed by atoms with van der Waals surface area (Å²) in [5, 5.41) is 0.165. The number of nitrogens with two attached hydrogens (primary N) is 1. The average molecular weight is 312 g/mol. The molecule has 2 N–H and O–H groups in total. The van der Waals surface area contributed by atoms with Crippen molar-refractivity contribution in [3.8, 4) is 0 Å². The molecule has 0 saturated heterocycles. The van der Waals surface area contributed by atoms with Gasteiger partial charge in [-0.1, -0.05) is 54.1 Å². The standard InChI is InChI=1S/C15H12ClF2NO2/c16-12-8-4-7-11(9-12)15(17,18)13(21-14(19)20)10-5-2-1-3-6-10/h1-9,13H,(H2,19,20)/t13-/m1/s1. The van der Waals surface area contributed by atoms with Crippen molar-refractivity contribution in [2.75, 3.05) is 0 Å². The van der Waals surface area contributed by atoms with Crippen molar-refractivity contribution < 1.29 is 18.3 Å². The van der Waals surface area contributed by atoms with Crippen LogP contribution in [0, 0.1) is 0 Å². The van der Waals surface area contributed by atoms with E-state index in [0.717, 1.165) is 6.07 Å². The fourth-order valence-corrected chi connectivity index (χ4v) is 2.13. The SMILES string of the molecule is NC(=O)O[C@H](c1ccccc1)C(F)(F)c1cccc(Cl)c1. The average Bonchev–Trinajstić information content (AvgIpc) is 2.45. The maximum absolute atomic E-state index is 14.7. The Balaban J connectivity index is 2.46. The van der Waals surface area contributed by atoms with Crippen LogP contribution in [0.1, 0.15) is 17.2 Å². The maximum atomic E-state index is 14.7. The summed E-state index contributed by atoms with van der Waals surface area (Å²) in [5.41, 5.74) is 4.70. The number of carbonyl (C=O) groups is 1. The van der Waals surface area contributed by atoms with Crippen molar-refractivity contribution >= 4 is 17.7 Å². The molecule has 21 heavy (non-hydrogen) atoms. The van der Waals surface area contributed by atoms with Crippen LogP contribution in [-0.2, 0) is 10.7 Å². The highest BCUT2D eigenvalue weighted by molar-refractivity contribution is 6.30. The monoisotopic (exact) mass is 311 g/mol. The van der Waals surface area contributed by atoms with E-state index < -0.39 is 18.1 Å². The molecule has 0 aliphatic heterocycles. The normalized spacial score (nSPS) is 12.7. The zero-order valence-electron chi connectivity index (χ0n) is 10.8. The van der Waals surface area contributed by atoms with E-state index in [1.54, 1.807) is 18.2 Å². The van der Waals surface area contributed by atoms with Crippen LogP contribution in [0.4, 0.5) is 13.6 Å². The lowest BCUT2D eigenvalue weighted by Gasteiger charge is -2.27. The van der Waals surface area contributed by atoms with Crippen LogP contribution in [0.5, 0.6) is 0 Å². The number of ether oxygens (including phenoxy) is 1. The summed E-state index contributed by atoms with van der Waals surface area (Å²) in [6.45, 7) is 0. The Hall–Kier alpha value is -2.14. The minimum Gasteiger partial charge on any atom is -0.435 e. The summed E-state index contributed by atoms with van der Waals surface area (Å²) in [7, 11) is 0. The van der Waals surface area contributed by atoms with E-state index in [4.69, 9.17) is 17.3 Å². The molecule has 0 radical (unpaired) electrons. The zero-order chi connectivity index (χ0) is 15.5. The number of rotatable bonds is 4. The van der Waals surface area contributed by atoms with Gasteiger partial charge < -0.3 is 10.5 Å². The molecule has 0 unspecified atom stereocenters. The number of alkyl halides is 2. The lowest BCUT2D eigenvalue weighted by Crippen LogP contribution is -2.30. The van der Waals surface area contributed by atoms with Gasteiger partial charge in [-0.2, -0.15) is 8.78 Å². The van der Waals surface area contributed by atoms with Crippen LogP contribution in [0.2, 0.25) is 5.02 Å². The minimum absolute atomic E-state index is 0.140. The number of carbonyl (C=O) groups excluding carboxylic acids is 1. The number of amides is 1. The van der Waals surface area contributed by atoms with E-state index in [-0.39, 0.29) is 16.1 Å². The quantitative estimate of drug-likeness (QED) is 0.916. The Morgan fingerprint density at radius 1 is 1.14 bits per heavy atom. The molecule has 1 amide bonds. The Kier molecular flexibility index (Phi) is 4.43. The second-order valence-electron chi connectivity index (χ2n) is 4.36. The predicted octanol–water partition coefficient (Wildman–Crippen LogP) is 4.27. The molecule has 3 nitrogen and oxygen atoms in total. The van der Waals surface area contributed by atoms with Crippen molar-refractivity contribution in [3.05, 3.63) is 70.7 Å². The molecule has 0 spiro atoms. The third-order valence-corrected chi connectivity index (χ3v) is 3.11. The fraction of sp³-hybridized carbons (Fsp3) is 0.133. The van der Waals surface area contributed by atoms with Crippen LogP contribution in [-0.4, -0.2) is 6.09 Å². The van der Waals surface area contributed by atoms with Crippen molar-refractivity contribution in [2.45, 2.75) is 12.0 Å².